The van der Waals surface area contributed by atoms with Gasteiger partial charge >= 0.3 is 0 Å². The van der Waals surface area contributed by atoms with Crippen molar-refractivity contribution in [2.24, 2.45) is 0 Å². The number of hydrogen-bond acceptors (Lipinski definition) is 3. The van der Waals surface area contributed by atoms with Crippen LogP contribution in [0.1, 0.15) is 17.8 Å². The Labute approximate surface area is 81.4 Å². The summed E-state index contributed by atoms with van der Waals surface area (Å²) in [6, 6.07) is 5.34. The lowest BCUT2D eigenvalue weighted by Crippen LogP contribution is -1.94. The summed E-state index contributed by atoms with van der Waals surface area (Å²) in [6.45, 7) is 0. The van der Waals surface area contributed by atoms with Gasteiger partial charge in [0.2, 0.25) is 0 Å². The highest BCUT2D eigenvalue weighted by molar-refractivity contribution is 5.80. The van der Waals surface area contributed by atoms with Gasteiger partial charge in [0.05, 0.1) is 16.9 Å². The number of aromatic nitrogens is 2. The van der Waals surface area contributed by atoms with Gasteiger partial charge in [0.1, 0.15) is 11.3 Å². The van der Waals surface area contributed by atoms with Crippen molar-refractivity contribution in [2.75, 3.05) is 0 Å². The van der Waals surface area contributed by atoms with Crippen molar-refractivity contribution in [1.82, 2.24) is 9.97 Å². The van der Waals surface area contributed by atoms with E-state index in [0.29, 0.717) is 5.52 Å². The maximum Gasteiger partial charge on any atom is 0.143 e. The largest absolute Gasteiger partial charge is 0.506 e. The third-order valence-corrected chi connectivity index (χ3v) is 2.66. The van der Waals surface area contributed by atoms with Crippen molar-refractivity contribution >= 4 is 11.0 Å². The number of phenols is 1. The summed E-state index contributed by atoms with van der Waals surface area (Å²) in [7, 11) is 0. The van der Waals surface area contributed by atoms with Gasteiger partial charge in [-0.2, -0.15) is 0 Å². The first-order chi connectivity index (χ1) is 6.84. The fraction of sp³-hybridized carbons (Fsp3) is 0.273. The molecule has 0 amide bonds. The smallest absolute Gasteiger partial charge is 0.143 e. The topological polar surface area (TPSA) is 46.0 Å². The van der Waals surface area contributed by atoms with E-state index >= 15 is 0 Å². The molecule has 3 rings (SSSR count). The van der Waals surface area contributed by atoms with Gasteiger partial charge in [-0.15, -0.1) is 0 Å². The number of rotatable bonds is 0. The number of para-hydroxylation sites is 1. The number of phenolic OH excluding ortho intramolecular Hbond substituents is 1. The van der Waals surface area contributed by atoms with Crippen LogP contribution < -0.4 is 0 Å². The zero-order chi connectivity index (χ0) is 9.54. The average Bonchev–Trinajstić information content (AvgIpc) is 2.62. The van der Waals surface area contributed by atoms with Gasteiger partial charge < -0.3 is 5.11 Å². The van der Waals surface area contributed by atoms with E-state index < -0.39 is 0 Å². The SMILES string of the molecule is Oc1cccc2nc3c(nc12)CCC3. The number of fused-ring (bicyclic) bond motifs is 2. The second-order valence-corrected chi connectivity index (χ2v) is 3.62. The highest BCUT2D eigenvalue weighted by Gasteiger charge is 2.15. The number of hydrogen-bond donors (Lipinski definition) is 1. The van der Waals surface area contributed by atoms with Crippen molar-refractivity contribution < 1.29 is 5.11 Å². The minimum absolute atomic E-state index is 0.227. The fourth-order valence-electron chi connectivity index (χ4n) is 1.96. The lowest BCUT2D eigenvalue weighted by Gasteiger charge is -2.02. The second kappa shape index (κ2) is 2.67. The second-order valence-electron chi connectivity index (χ2n) is 3.62. The summed E-state index contributed by atoms with van der Waals surface area (Å²) < 4.78 is 0. The van der Waals surface area contributed by atoms with Crippen LogP contribution in [0.5, 0.6) is 5.75 Å². The Hall–Kier alpha value is -1.64. The third-order valence-electron chi connectivity index (χ3n) is 2.66. The van der Waals surface area contributed by atoms with Crippen LogP contribution in [0, 0.1) is 0 Å². The molecule has 1 heterocycles. The van der Waals surface area contributed by atoms with E-state index in [1.54, 1.807) is 12.1 Å². The van der Waals surface area contributed by atoms with Gasteiger partial charge in [0, 0.05) is 0 Å². The zero-order valence-corrected chi connectivity index (χ0v) is 7.70. The summed E-state index contributed by atoms with van der Waals surface area (Å²) in [5, 5.41) is 9.60. The molecule has 0 fully saturated rings. The van der Waals surface area contributed by atoms with Crippen molar-refractivity contribution in [1.29, 1.82) is 0 Å². The van der Waals surface area contributed by atoms with Crippen molar-refractivity contribution in [3.05, 3.63) is 29.6 Å². The van der Waals surface area contributed by atoms with Gasteiger partial charge in [0.25, 0.3) is 0 Å². The molecular weight excluding hydrogens is 176 g/mol. The molecule has 1 aromatic heterocycles. The predicted octanol–water partition coefficient (Wildman–Crippen LogP) is 1.82. The average molecular weight is 186 g/mol. The summed E-state index contributed by atoms with van der Waals surface area (Å²) in [5.74, 6) is 0.227. The van der Waals surface area contributed by atoms with Gasteiger partial charge in [0.15, 0.2) is 0 Å². The zero-order valence-electron chi connectivity index (χ0n) is 7.70. The molecular formula is C11H10N2O. The van der Waals surface area contributed by atoms with Crippen molar-refractivity contribution in [2.45, 2.75) is 19.3 Å². The van der Waals surface area contributed by atoms with Crippen LogP contribution in [0.2, 0.25) is 0 Å². The molecule has 0 unspecified atom stereocenters. The first-order valence-corrected chi connectivity index (χ1v) is 4.82. The van der Waals surface area contributed by atoms with Crippen LogP contribution >= 0.6 is 0 Å². The Morgan fingerprint density at radius 3 is 2.71 bits per heavy atom. The quantitative estimate of drug-likeness (QED) is 0.682. The molecule has 0 radical (unpaired) electrons. The maximum atomic E-state index is 9.60. The maximum absolute atomic E-state index is 9.60. The fourth-order valence-corrected chi connectivity index (χ4v) is 1.96. The normalized spacial score (nSPS) is 14.6. The minimum atomic E-state index is 0.227. The third kappa shape index (κ3) is 0.985. The van der Waals surface area contributed by atoms with Crippen LogP contribution in [0.25, 0.3) is 11.0 Å². The molecule has 0 aliphatic heterocycles. The monoisotopic (exact) mass is 186 g/mol. The van der Waals surface area contributed by atoms with Gasteiger partial charge in [-0.1, -0.05) is 6.07 Å². The van der Waals surface area contributed by atoms with E-state index in [9.17, 15) is 5.11 Å². The molecule has 0 bridgehead atoms. The molecule has 3 nitrogen and oxygen atoms in total. The van der Waals surface area contributed by atoms with Crippen LogP contribution in [-0.4, -0.2) is 15.1 Å². The molecule has 14 heavy (non-hydrogen) atoms. The standard InChI is InChI=1S/C11H10N2O/c14-10-6-2-5-9-11(10)13-8-4-1-3-7(8)12-9/h2,5-6,14H,1,3-4H2. The molecule has 2 aromatic rings. The van der Waals surface area contributed by atoms with Crippen LogP contribution in [0.15, 0.2) is 18.2 Å². The van der Waals surface area contributed by atoms with E-state index in [1.807, 2.05) is 6.07 Å². The highest BCUT2D eigenvalue weighted by Crippen LogP contribution is 2.25. The van der Waals surface area contributed by atoms with Crippen LogP contribution in [0.3, 0.4) is 0 Å². The lowest BCUT2D eigenvalue weighted by atomic mass is 10.2. The Morgan fingerprint density at radius 1 is 1.07 bits per heavy atom. The Balaban J connectivity index is 2.39. The summed E-state index contributed by atoms with van der Waals surface area (Å²) in [4.78, 5) is 8.94. The summed E-state index contributed by atoms with van der Waals surface area (Å²) in [5.41, 5.74) is 3.58. The van der Waals surface area contributed by atoms with E-state index in [4.69, 9.17) is 0 Å². The van der Waals surface area contributed by atoms with Crippen LogP contribution in [0.4, 0.5) is 0 Å². The summed E-state index contributed by atoms with van der Waals surface area (Å²) >= 11 is 0. The lowest BCUT2D eigenvalue weighted by molar-refractivity contribution is 0.480. The van der Waals surface area contributed by atoms with Gasteiger partial charge in [-0.05, 0) is 31.4 Å². The Bertz CT molecular complexity index is 508. The van der Waals surface area contributed by atoms with Crippen LogP contribution in [-0.2, 0) is 12.8 Å². The minimum Gasteiger partial charge on any atom is -0.506 e. The van der Waals surface area contributed by atoms with Gasteiger partial charge in [-0.25, -0.2) is 9.97 Å². The molecule has 1 N–H and O–H groups in total. The predicted molar refractivity (Wildman–Crippen MR) is 53.2 cm³/mol. The Kier molecular flexibility index (Phi) is 1.48. The number of aryl methyl sites for hydroxylation is 2. The molecule has 0 saturated heterocycles. The van der Waals surface area contributed by atoms with E-state index in [0.717, 1.165) is 36.2 Å². The molecule has 0 atom stereocenters. The molecule has 1 aromatic carbocycles. The highest BCUT2D eigenvalue weighted by atomic mass is 16.3. The number of benzene rings is 1. The number of aromatic hydroxyl groups is 1. The number of nitrogens with zero attached hydrogens (tertiary/aromatic N) is 2. The van der Waals surface area contributed by atoms with E-state index in [1.165, 1.54) is 0 Å². The molecule has 1 aliphatic carbocycles. The van der Waals surface area contributed by atoms with Crippen molar-refractivity contribution in [3.63, 3.8) is 0 Å². The molecule has 0 saturated carbocycles. The molecule has 70 valence electrons. The van der Waals surface area contributed by atoms with E-state index in [2.05, 4.69) is 9.97 Å². The Morgan fingerprint density at radius 2 is 1.86 bits per heavy atom. The molecule has 1 aliphatic rings. The first-order valence-electron chi connectivity index (χ1n) is 4.82. The summed E-state index contributed by atoms with van der Waals surface area (Å²) in [6.07, 6.45) is 3.15. The molecule has 0 spiro atoms. The van der Waals surface area contributed by atoms with E-state index in [-0.39, 0.29) is 5.75 Å². The molecule has 3 heteroatoms. The van der Waals surface area contributed by atoms with Crippen molar-refractivity contribution in [3.8, 4) is 5.75 Å². The van der Waals surface area contributed by atoms with Gasteiger partial charge in [-0.3, -0.25) is 0 Å². The first kappa shape index (κ1) is 7.74.